The largest absolute Gasteiger partial charge is 0.314 e. The van der Waals surface area contributed by atoms with E-state index in [9.17, 15) is 4.79 Å². The minimum absolute atomic E-state index is 0. The molecule has 2 heterocycles. The number of H-pyrrole nitrogens is 1. The van der Waals surface area contributed by atoms with Gasteiger partial charge < -0.3 is 5.32 Å². The first kappa shape index (κ1) is 12.9. The number of aromatic nitrogens is 4. The van der Waals surface area contributed by atoms with E-state index in [0.717, 1.165) is 19.4 Å². The molecule has 0 aliphatic carbocycles. The summed E-state index contributed by atoms with van der Waals surface area (Å²) in [6.45, 7) is 1.07. The highest BCUT2D eigenvalue weighted by molar-refractivity contribution is 5.88. The first-order valence-electron chi connectivity index (χ1n) is 5.11. The van der Waals surface area contributed by atoms with Crippen molar-refractivity contribution in [2.45, 2.75) is 31.7 Å². The summed E-state index contributed by atoms with van der Waals surface area (Å²) in [4.78, 5) is 11.4. The molecule has 0 saturated carbocycles. The van der Waals surface area contributed by atoms with Crippen LogP contribution in [0.3, 0.4) is 0 Å². The molecule has 0 bridgehead atoms. The minimum Gasteiger partial charge on any atom is -0.314 e. The van der Waals surface area contributed by atoms with Crippen LogP contribution < -0.4 is 10.6 Å². The summed E-state index contributed by atoms with van der Waals surface area (Å²) in [6.07, 6.45) is 3.72. The first-order valence-corrected chi connectivity index (χ1v) is 5.11. The van der Waals surface area contributed by atoms with Crippen molar-refractivity contribution in [3.05, 3.63) is 0 Å². The van der Waals surface area contributed by atoms with Crippen LogP contribution in [-0.4, -0.2) is 39.1 Å². The van der Waals surface area contributed by atoms with Crippen molar-refractivity contribution >= 4 is 24.3 Å². The van der Waals surface area contributed by atoms with Crippen LogP contribution >= 0.6 is 12.4 Å². The number of aromatic amines is 1. The Kier molecular flexibility index (Phi) is 5.13. The third-order valence-corrected chi connectivity index (χ3v) is 2.48. The summed E-state index contributed by atoms with van der Waals surface area (Å²) in [6, 6.07) is 0.487. The third kappa shape index (κ3) is 3.74. The molecule has 1 aromatic heterocycles. The van der Waals surface area contributed by atoms with E-state index in [-0.39, 0.29) is 24.3 Å². The molecule has 8 heteroatoms. The van der Waals surface area contributed by atoms with Crippen LogP contribution in [-0.2, 0) is 4.79 Å². The molecule has 1 aliphatic rings. The molecule has 90 valence electrons. The fraction of sp³-hybridized carbons (Fsp3) is 0.750. The molecular weight excluding hydrogens is 232 g/mol. The lowest BCUT2D eigenvalue weighted by molar-refractivity contribution is -0.116. The molecule has 16 heavy (non-hydrogen) atoms. The van der Waals surface area contributed by atoms with Gasteiger partial charge in [-0.25, -0.2) is 0 Å². The van der Waals surface area contributed by atoms with E-state index < -0.39 is 0 Å². The van der Waals surface area contributed by atoms with Gasteiger partial charge in [0.2, 0.25) is 5.91 Å². The molecule has 1 saturated heterocycles. The maximum atomic E-state index is 11.4. The van der Waals surface area contributed by atoms with Gasteiger partial charge in [0.05, 0.1) is 0 Å². The molecular formula is C8H15ClN6O. The Morgan fingerprint density at radius 3 is 3.06 bits per heavy atom. The standard InChI is InChI=1S/C8H14N6O.ClH/c15-7(10-8-11-13-14-12-8)4-3-6-2-1-5-9-6;/h6,9H,1-5H2,(H2,10,11,12,13,14,15);1H. The van der Waals surface area contributed by atoms with Crippen LogP contribution in [0.25, 0.3) is 0 Å². The second-order valence-electron chi connectivity index (χ2n) is 3.62. The zero-order valence-corrected chi connectivity index (χ0v) is 9.59. The Hall–Kier alpha value is -1.21. The zero-order valence-electron chi connectivity index (χ0n) is 8.77. The van der Waals surface area contributed by atoms with Crippen molar-refractivity contribution in [2.75, 3.05) is 11.9 Å². The number of hydrogen-bond acceptors (Lipinski definition) is 5. The molecule has 0 spiro atoms. The first-order chi connectivity index (χ1) is 7.34. The maximum absolute atomic E-state index is 11.4. The Morgan fingerprint density at radius 2 is 2.44 bits per heavy atom. The summed E-state index contributed by atoms with van der Waals surface area (Å²) in [7, 11) is 0. The fourth-order valence-corrected chi connectivity index (χ4v) is 1.71. The van der Waals surface area contributed by atoms with Crippen molar-refractivity contribution in [1.82, 2.24) is 25.9 Å². The number of nitrogens with zero attached hydrogens (tertiary/aromatic N) is 3. The molecule has 1 aliphatic heterocycles. The number of rotatable bonds is 4. The molecule has 1 unspecified atom stereocenters. The molecule has 1 aromatic rings. The van der Waals surface area contributed by atoms with E-state index in [0.29, 0.717) is 12.5 Å². The lowest BCUT2D eigenvalue weighted by atomic mass is 10.1. The van der Waals surface area contributed by atoms with Gasteiger partial charge in [0.25, 0.3) is 5.95 Å². The van der Waals surface area contributed by atoms with Crippen LogP contribution in [0.4, 0.5) is 5.95 Å². The molecule has 3 N–H and O–H groups in total. The van der Waals surface area contributed by atoms with Crippen molar-refractivity contribution in [2.24, 2.45) is 0 Å². The average Bonchev–Trinajstić information content (AvgIpc) is 2.86. The summed E-state index contributed by atoms with van der Waals surface area (Å²) in [5, 5.41) is 18.8. The molecule has 7 nitrogen and oxygen atoms in total. The fourth-order valence-electron chi connectivity index (χ4n) is 1.71. The Labute approximate surface area is 99.2 Å². The molecule has 0 aromatic carbocycles. The van der Waals surface area contributed by atoms with Gasteiger partial charge in [0, 0.05) is 12.5 Å². The summed E-state index contributed by atoms with van der Waals surface area (Å²) < 4.78 is 0. The summed E-state index contributed by atoms with van der Waals surface area (Å²) >= 11 is 0. The van der Waals surface area contributed by atoms with Gasteiger partial charge in [-0.1, -0.05) is 5.10 Å². The number of anilines is 1. The van der Waals surface area contributed by atoms with Gasteiger partial charge in [-0.05, 0) is 31.0 Å². The number of carbonyl (C=O) groups excluding carboxylic acids is 1. The smallest absolute Gasteiger partial charge is 0.269 e. The van der Waals surface area contributed by atoms with Crippen molar-refractivity contribution in [3.63, 3.8) is 0 Å². The van der Waals surface area contributed by atoms with Crippen LogP contribution in [0.2, 0.25) is 0 Å². The van der Waals surface area contributed by atoms with Crippen LogP contribution in [0.5, 0.6) is 0 Å². The van der Waals surface area contributed by atoms with E-state index in [4.69, 9.17) is 0 Å². The number of tetrazole rings is 1. The topological polar surface area (TPSA) is 95.6 Å². The third-order valence-electron chi connectivity index (χ3n) is 2.48. The van der Waals surface area contributed by atoms with Gasteiger partial charge in [-0.2, -0.15) is 5.21 Å². The van der Waals surface area contributed by atoms with Gasteiger partial charge in [-0.15, -0.1) is 17.5 Å². The quantitative estimate of drug-likeness (QED) is 0.700. The van der Waals surface area contributed by atoms with E-state index in [1.165, 1.54) is 6.42 Å². The van der Waals surface area contributed by atoms with Crippen LogP contribution in [0, 0.1) is 0 Å². The zero-order chi connectivity index (χ0) is 10.5. The predicted molar refractivity (Wildman–Crippen MR) is 60.3 cm³/mol. The van der Waals surface area contributed by atoms with Gasteiger partial charge in [0.15, 0.2) is 0 Å². The highest BCUT2D eigenvalue weighted by Gasteiger charge is 2.15. The van der Waals surface area contributed by atoms with E-state index in [1.54, 1.807) is 0 Å². The lowest BCUT2D eigenvalue weighted by Crippen LogP contribution is -2.23. The van der Waals surface area contributed by atoms with Gasteiger partial charge in [-0.3, -0.25) is 10.1 Å². The molecule has 2 rings (SSSR count). The molecule has 1 fully saturated rings. The predicted octanol–water partition coefficient (Wildman–Crippen LogP) is 0.0922. The summed E-state index contributed by atoms with van der Waals surface area (Å²) in [5.41, 5.74) is 0. The van der Waals surface area contributed by atoms with Crippen molar-refractivity contribution < 1.29 is 4.79 Å². The Morgan fingerprint density at radius 1 is 1.56 bits per heavy atom. The van der Waals surface area contributed by atoms with Gasteiger partial charge >= 0.3 is 0 Å². The second-order valence-corrected chi connectivity index (χ2v) is 3.62. The highest BCUT2D eigenvalue weighted by Crippen LogP contribution is 2.10. The number of carbonyl (C=O) groups is 1. The number of hydrogen-bond donors (Lipinski definition) is 3. The minimum atomic E-state index is -0.0647. The van der Waals surface area contributed by atoms with Crippen LogP contribution in [0.15, 0.2) is 0 Å². The number of halogens is 1. The van der Waals surface area contributed by atoms with E-state index >= 15 is 0 Å². The molecule has 1 amide bonds. The lowest BCUT2D eigenvalue weighted by Gasteiger charge is -2.08. The average molecular weight is 247 g/mol. The molecule has 0 radical (unpaired) electrons. The Balaban J connectivity index is 0.00000128. The Bertz CT molecular complexity index is 310. The molecule has 1 atom stereocenters. The second kappa shape index (κ2) is 6.39. The monoisotopic (exact) mass is 246 g/mol. The number of nitrogens with one attached hydrogen (secondary N) is 3. The van der Waals surface area contributed by atoms with E-state index in [2.05, 4.69) is 31.3 Å². The summed E-state index contributed by atoms with van der Waals surface area (Å²) in [5.74, 6) is 0.171. The number of amides is 1. The van der Waals surface area contributed by atoms with Crippen molar-refractivity contribution in [3.8, 4) is 0 Å². The van der Waals surface area contributed by atoms with Gasteiger partial charge in [0.1, 0.15) is 0 Å². The maximum Gasteiger partial charge on any atom is 0.269 e. The van der Waals surface area contributed by atoms with E-state index in [1.807, 2.05) is 0 Å². The normalized spacial score (nSPS) is 19.1. The SMILES string of the molecule is Cl.O=C(CCC1CCCN1)Nc1nn[nH]n1. The highest BCUT2D eigenvalue weighted by atomic mass is 35.5. The van der Waals surface area contributed by atoms with Crippen LogP contribution in [0.1, 0.15) is 25.7 Å². The van der Waals surface area contributed by atoms with Crippen molar-refractivity contribution in [1.29, 1.82) is 0 Å².